The normalized spacial score (nSPS) is 10.5. The average Bonchev–Trinajstić information content (AvgIpc) is 2.75. The van der Waals surface area contributed by atoms with E-state index in [2.05, 4.69) is 15.4 Å². The summed E-state index contributed by atoms with van der Waals surface area (Å²) in [5.74, 6) is -0.246. The molecule has 0 saturated heterocycles. The molecule has 0 aliphatic rings. The van der Waals surface area contributed by atoms with Crippen LogP contribution in [0.1, 0.15) is 28.7 Å². The van der Waals surface area contributed by atoms with Gasteiger partial charge in [0.1, 0.15) is 5.69 Å². The molecular formula is C13H15ClN4O. The lowest BCUT2D eigenvalue weighted by Gasteiger charge is -2.07. The molecule has 0 unspecified atom stereocenters. The number of pyridine rings is 1. The highest BCUT2D eigenvalue weighted by Gasteiger charge is 2.14. The number of hydrogen-bond donors (Lipinski definition) is 1. The zero-order chi connectivity index (χ0) is 14.0. The van der Waals surface area contributed by atoms with Gasteiger partial charge in [-0.1, -0.05) is 18.5 Å². The molecule has 5 nitrogen and oxygen atoms in total. The van der Waals surface area contributed by atoms with Crippen LogP contribution in [-0.4, -0.2) is 20.7 Å². The van der Waals surface area contributed by atoms with Gasteiger partial charge in [0, 0.05) is 13.2 Å². The number of carbonyl (C=O) groups is 1. The van der Waals surface area contributed by atoms with Crippen molar-refractivity contribution in [1.29, 1.82) is 0 Å². The molecule has 0 radical (unpaired) electrons. The lowest BCUT2D eigenvalue weighted by Crippen LogP contribution is -2.16. The van der Waals surface area contributed by atoms with E-state index in [-0.39, 0.29) is 11.1 Å². The van der Waals surface area contributed by atoms with E-state index in [1.165, 1.54) is 0 Å². The van der Waals surface area contributed by atoms with Crippen LogP contribution in [0.4, 0.5) is 5.69 Å². The van der Waals surface area contributed by atoms with Crippen LogP contribution in [-0.2, 0) is 13.5 Å². The van der Waals surface area contributed by atoms with Gasteiger partial charge in [-0.25, -0.2) is 4.98 Å². The van der Waals surface area contributed by atoms with E-state index in [0.29, 0.717) is 11.4 Å². The zero-order valence-electron chi connectivity index (χ0n) is 11.1. The Morgan fingerprint density at radius 3 is 2.84 bits per heavy atom. The third-order valence-corrected chi connectivity index (χ3v) is 3.05. The minimum atomic E-state index is -0.246. The van der Waals surface area contributed by atoms with Gasteiger partial charge >= 0.3 is 0 Å². The standard InChI is InChI=1S/C13H15ClN4O/c1-4-9-6-11(18(3)17-9)13(19)16-10-5-8(2)7-15-12(10)14/h5-7H,4H2,1-3H3,(H,16,19). The number of aryl methyl sites for hydroxylation is 3. The Morgan fingerprint density at radius 1 is 1.47 bits per heavy atom. The predicted octanol–water partition coefficient (Wildman–Crippen LogP) is 2.59. The van der Waals surface area contributed by atoms with Crippen molar-refractivity contribution in [3.63, 3.8) is 0 Å². The Balaban J connectivity index is 2.25. The number of hydrogen-bond acceptors (Lipinski definition) is 3. The number of rotatable bonds is 3. The molecule has 2 heterocycles. The smallest absolute Gasteiger partial charge is 0.274 e. The molecule has 1 amide bonds. The van der Waals surface area contributed by atoms with E-state index in [0.717, 1.165) is 17.7 Å². The Hall–Kier alpha value is -1.88. The van der Waals surface area contributed by atoms with Crippen LogP contribution in [0, 0.1) is 6.92 Å². The highest BCUT2D eigenvalue weighted by atomic mass is 35.5. The van der Waals surface area contributed by atoms with Crippen molar-refractivity contribution in [2.75, 3.05) is 5.32 Å². The number of carbonyl (C=O) groups excluding carboxylic acids is 1. The van der Waals surface area contributed by atoms with Gasteiger partial charge in [-0.3, -0.25) is 9.48 Å². The third kappa shape index (κ3) is 2.93. The van der Waals surface area contributed by atoms with Gasteiger partial charge in [0.05, 0.1) is 11.4 Å². The van der Waals surface area contributed by atoms with Gasteiger partial charge in [0.2, 0.25) is 0 Å². The summed E-state index contributed by atoms with van der Waals surface area (Å²) in [5, 5.41) is 7.27. The molecule has 6 heteroatoms. The highest BCUT2D eigenvalue weighted by Crippen LogP contribution is 2.20. The molecule has 0 aromatic carbocycles. The fraction of sp³-hybridized carbons (Fsp3) is 0.308. The van der Waals surface area contributed by atoms with Crippen molar-refractivity contribution in [2.45, 2.75) is 20.3 Å². The lowest BCUT2D eigenvalue weighted by molar-refractivity contribution is 0.101. The predicted molar refractivity (Wildman–Crippen MR) is 74.5 cm³/mol. The molecule has 1 N–H and O–H groups in total. The average molecular weight is 279 g/mol. The first kappa shape index (κ1) is 13.5. The maximum Gasteiger partial charge on any atom is 0.274 e. The van der Waals surface area contributed by atoms with Crippen molar-refractivity contribution in [2.24, 2.45) is 7.05 Å². The van der Waals surface area contributed by atoms with Crippen molar-refractivity contribution in [3.05, 3.63) is 40.4 Å². The molecule has 0 bridgehead atoms. The van der Waals surface area contributed by atoms with Crippen molar-refractivity contribution >= 4 is 23.2 Å². The Bertz CT molecular complexity index is 621. The van der Waals surface area contributed by atoms with Crippen molar-refractivity contribution < 1.29 is 4.79 Å². The topological polar surface area (TPSA) is 59.8 Å². The van der Waals surface area contributed by atoms with Gasteiger partial charge in [-0.05, 0) is 31.0 Å². The molecule has 2 aromatic heterocycles. The fourth-order valence-corrected chi connectivity index (χ4v) is 1.89. The summed E-state index contributed by atoms with van der Waals surface area (Å²) in [6.07, 6.45) is 2.44. The summed E-state index contributed by atoms with van der Waals surface area (Å²) in [6.45, 7) is 3.88. The summed E-state index contributed by atoms with van der Waals surface area (Å²) in [7, 11) is 1.74. The molecule has 0 fully saturated rings. The summed E-state index contributed by atoms with van der Waals surface area (Å²) in [6, 6.07) is 3.55. The largest absolute Gasteiger partial charge is 0.318 e. The second-order valence-electron chi connectivity index (χ2n) is 4.30. The van der Waals surface area contributed by atoms with E-state index < -0.39 is 0 Å². The van der Waals surface area contributed by atoms with Crippen LogP contribution < -0.4 is 5.32 Å². The van der Waals surface area contributed by atoms with Crippen LogP contribution >= 0.6 is 11.6 Å². The van der Waals surface area contributed by atoms with Crippen LogP contribution in [0.2, 0.25) is 5.15 Å². The number of aromatic nitrogens is 3. The van der Waals surface area contributed by atoms with E-state index in [9.17, 15) is 4.79 Å². The zero-order valence-corrected chi connectivity index (χ0v) is 11.8. The van der Waals surface area contributed by atoms with E-state index in [1.807, 2.05) is 13.8 Å². The van der Waals surface area contributed by atoms with Gasteiger partial charge in [0.25, 0.3) is 5.91 Å². The van der Waals surface area contributed by atoms with E-state index in [4.69, 9.17) is 11.6 Å². The Kier molecular flexibility index (Phi) is 3.85. The number of nitrogens with zero attached hydrogens (tertiary/aromatic N) is 3. The highest BCUT2D eigenvalue weighted by molar-refractivity contribution is 6.32. The van der Waals surface area contributed by atoms with E-state index in [1.54, 1.807) is 30.1 Å². The second-order valence-corrected chi connectivity index (χ2v) is 4.66. The first-order chi connectivity index (χ1) is 9.01. The number of nitrogens with one attached hydrogen (secondary N) is 1. The number of halogens is 1. The molecule has 0 spiro atoms. The maximum absolute atomic E-state index is 12.2. The molecule has 100 valence electrons. The second kappa shape index (κ2) is 5.40. The Labute approximate surface area is 116 Å². The summed E-state index contributed by atoms with van der Waals surface area (Å²) in [5.41, 5.74) is 2.81. The van der Waals surface area contributed by atoms with Gasteiger partial charge in [0.15, 0.2) is 5.15 Å². The number of amides is 1. The summed E-state index contributed by atoms with van der Waals surface area (Å²) < 4.78 is 1.56. The quantitative estimate of drug-likeness (QED) is 0.878. The molecule has 0 saturated carbocycles. The van der Waals surface area contributed by atoms with Crippen molar-refractivity contribution in [3.8, 4) is 0 Å². The first-order valence-electron chi connectivity index (χ1n) is 5.97. The molecule has 19 heavy (non-hydrogen) atoms. The fourth-order valence-electron chi connectivity index (χ4n) is 1.74. The monoisotopic (exact) mass is 278 g/mol. The first-order valence-corrected chi connectivity index (χ1v) is 6.35. The molecule has 0 aliphatic carbocycles. The van der Waals surface area contributed by atoms with E-state index >= 15 is 0 Å². The minimum absolute atomic E-state index is 0.246. The maximum atomic E-state index is 12.2. The molecule has 0 aliphatic heterocycles. The van der Waals surface area contributed by atoms with Crippen LogP contribution in [0.25, 0.3) is 0 Å². The molecular weight excluding hydrogens is 264 g/mol. The number of anilines is 1. The minimum Gasteiger partial charge on any atom is -0.318 e. The van der Waals surface area contributed by atoms with Gasteiger partial charge in [-0.2, -0.15) is 5.10 Å². The van der Waals surface area contributed by atoms with Crippen LogP contribution in [0.5, 0.6) is 0 Å². The SMILES string of the molecule is CCc1cc(C(=O)Nc2cc(C)cnc2Cl)n(C)n1. The summed E-state index contributed by atoms with van der Waals surface area (Å²) in [4.78, 5) is 16.2. The molecule has 2 aromatic rings. The van der Waals surface area contributed by atoms with Gasteiger partial charge < -0.3 is 5.32 Å². The van der Waals surface area contributed by atoms with Crippen molar-refractivity contribution in [1.82, 2.24) is 14.8 Å². The lowest BCUT2D eigenvalue weighted by atomic mass is 10.2. The molecule has 2 rings (SSSR count). The summed E-state index contributed by atoms with van der Waals surface area (Å²) >= 11 is 5.95. The Morgan fingerprint density at radius 2 is 2.21 bits per heavy atom. The third-order valence-electron chi connectivity index (χ3n) is 2.75. The van der Waals surface area contributed by atoms with Crippen LogP contribution in [0.3, 0.4) is 0 Å². The van der Waals surface area contributed by atoms with Gasteiger partial charge in [-0.15, -0.1) is 0 Å². The van der Waals surface area contributed by atoms with Crippen LogP contribution in [0.15, 0.2) is 18.3 Å². The molecule has 0 atom stereocenters.